The smallest absolute Gasteiger partial charge is 0.231 e. The maximum absolute atomic E-state index is 12.7. The van der Waals surface area contributed by atoms with Gasteiger partial charge in [0.25, 0.3) is 0 Å². The zero-order valence-corrected chi connectivity index (χ0v) is 18.8. The highest BCUT2D eigenvalue weighted by Gasteiger charge is 2.25. The Morgan fingerprint density at radius 3 is 2.81 bits per heavy atom. The average Bonchev–Trinajstić information content (AvgIpc) is 3.57. The number of fused-ring (bicyclic) bond motifs is 1. The van der Waals surface area contributed by atoms with Crippen molar-refractivity contribution in [1.82, 2.24) is 20.1 Å². The number of nitrogens with one attached hydrogen (secondary N) is 1. The molecule has 1 aliphatic rings. The van der Waals surface area contributed by atoms with E-state index in [1.807, 2.05) is 49.4 Å². The van der Waals surface area contributed by atoms with Crippen LogP contribution in [-0.2, 0) is 4.79 Å². The molecule has 1 aromatic carbocycles. The molecular weight excluding hydrogens is 424 g/mol. The van der Waals surface area contributed by atoms with Crippen molar-refractivity contribution in [2.24, 2.45) is 0 Å². The van der Waals surface area contributed by atoms with Gasteiger partial charge in [0.1, 0.15) is 11.3 Å². The van der Waals surface area contributed by atoms with Crippen LogP contribution in [0, 0.1) is 0 Å². The van der Waals surface area contributed by atoms with E-state index in [-0.39, 0.29) is 17.7 Å². The Labute approximate surface area is 190 Å². The molecule has 0 aliphatic heterocycles. The Kier molecular flexibility index (Phi) is 6.03. The third-order valence-electron chi connectivity index (χ3n) is 5.93. The number of hydrogen-bond donors (Lipinski definition) is 1. The quantitative estimate of drug-likeness (QED) is 0.360. The fraction of sp³-hybridized carbons (Fsp3) is 0.375. The lowest BCUT2D eigenvalue weighted by Gasteiger charge is -2.25. The molecule has 3 aromatic heterocycles. The van der Waals surface area contributed by atoms with Gasteiger partial charge in [-0.05, 0) is 44.0 Å². The van der Waals surface area contributed by atoms with E-state index in [0.717, 1.165) is 40.6 Å². The minimum Gasteiger partial charge on any atom is -0.461 e. The first-order valence-electron chi connectivity index (χ1n) is 11.1. The molecule has 1 amide bonds. The summed E-state index contributed by atoms with van der Waals surface area (Å²) in [6.07, 6.45) is 7.48. The van der Waals surface area contributed by atoms with Gasteiger partial charge in [0.2, 0.25) is 11.7 Å². The molecule has 0 radical (unpaired) electrons. The van der Waals surface area contributed by atoms with E-state index in [2.05, 4.69) is 20.1 Å². The normalized spacial score (nSPS) is 15.8. The van der Waals surface area contributed by atoms with Gasteiger partial charge in [-0.1, -0.05) is 49.2 Å². The van der Waals surface area contributed by atoms with Crippen molar-refractivity contribution in [2.75, 3.05) is 5.75 Å². The Balaban J connectivity index is 1.28. The number of nitrogens with zero attached hydrogens (tertiary/aromatic N) is 3. The maximum Gasteiger partial charge on any atom is 0.231 e. The Morgan fingerprint density at radius 1 is 1.19 bits per heavy atom. The second-order valence-corrected chi connectivity index (χ2v) is 9.15. The lowest BCUT2D eigenvalue weighted by atomic mass is 9.95. The molecule has 4 aromatic rings. The first-order chi connectivity index (χ1) is 15.7. The van der Waals surface area contributed by atoms with E-state index in [9.17, 15) is 4.79 Å². The molecule has 8 heteroatoms. The lowest BCUT2D eigenvalue weighted by molar-refractivity contribution is -0.119. The van der Waals surface area contributed by atoms with Crippen molar-refractivity contribution < 1.29 is 13.6 Å². The highest BCUT2D eigenvalue weighted by atomic mass is 32.2. The topological polar surface area (TPSA) is 86.1 Å². The second-order valence-electron chi connectivity index (χ2n) is 8.21. The molecule has 1 atom stereocenters. The molecule has 1 saturated carbocycles. The van der Waals surface area contributed by atoms with E-state index in [0.29, 0.717) is 11.8 Å². The van der Waals surface area contributed by atoms with Crippen LogP contribution in [0.2, 0.25) is 0 Å². The summed E-state index contributed by atoms with van der Waals surface area (Å²) < 4.78 is 13.6. The van der Waals surface area contributed by atoms with Crippen LogP contribution in [0.15, 0.2) is 62.7 Å². The van der Waals surface area contributed by atoms with E-state index in [1.165, 1.54) is 31.0 Å². The fourth-order valence-electron chi connectivity index (χ4n) is 4.32. The lowest BCUT2D eigenvalue weighted by Crippen LogP contribution is -2.28. The van der Waals surface area contributed by atoms with Crippen LogP contribution >= 0.6 is 11.8 Å². The predicted molar refractivity (Wildman–Crippen MR) is 123 cm³/mol. The van der Waals surface area contributed by atoms with Crippen LogP contribution < -0.4 is 5.32 Å². The zero-order valence-electron chi connectivity index (χ0n) is 18.0. The Hall–Kier alpha value is -3.00. The highest BCUT2D eigenvalue weighted by molar-refractivity contribution is 7.99. The van der Waals surface area contributed by atoms with Crippen molar-refractivity contribution in [3.63, 3.8) is 0 Å². The summed E-state index contributed by atoms with van der Waals surface area (Å²) in [5, 5.41) is 13.6. The number of aromatic nitrogens is 3. The third-order valence-corrected chi connectivity index (χ3v) is 6.87. The zero-order chi connectivity index (χ0) is 21.9. The van der Waals surface area contributed by atoms with Crippen molar-refractivity contribution in [2.45, 2.75) is 56.3 Å². The van der Waals surface area contributed by atoms with Crippen LogP contribution in [0.3, 0.4) is 0 Å². The first kappa shape index (κ1) is 20.9. The van der Waals surface area contributed by atoms with E-state index in [4.69, 9.17) is 8.83 Å². The van der Waals surface area contributed by atoms with Crippen LogP contribution in [-0.4, -0.2) is 26.4 Å². The highest BCUT2D eigenvalue weighted by Crippen LogP contribution is 2.35. The number of furan rings is 2. The van der Waals surface area contributed by atoms with Crippen LogP contribution in [0.5, 0.6) is 0 Å². The maximum atomic E-state index is 12.7. The fourth-order valence-corrected chi connectivity index (χ4v) is 5.13. The Morgan fingerprint density at radius 2 is 2.03 bits per heavy atom. The first-order valence-corrected chi connectivity index (χ1v) is 12.1. The molecule has 0 saturated heterocycles. The van der Waals surface area contributed by atoms with Crippen LogP contribution in [0.4, 0.5) is 0 Å². The number of thioether (sulfide) groups is 1. The number of benzene rings is 1. The molecule has 166 valence electrons. The third kappa shape index (κ3) is 4.32. The van der Waals surface area contributed by atoms with Gasteiger partial charge in [-0.25, -0.2) is 0 Å². The van der Waals surface area contributed by atoms with Gasteiger partial charge in [-0.3, -0.25) is 9.36 Å². The van der Waals surface area contributed by atoms with Gasteiger partial charge in [-0.15, -0.1) is 10.2 Å². The van der Waals surface area contributed by atoms with Crippen molar-refractivity contribution in [3.8, 4) is 11.6 Å². The molecule has 1 aliphatic carbocycles. The van der Waals surface area contributed by atoms with Gasteiger partial charge < -0.3 is 14.2 Å². The molecular formula is C24H26N4O3S. The van der Waals surface area contributed by atoms with Crippen molar-refractivity contribution in [3.05, 3.63) is 54.5 Å². The monoisotopic (exact) mass is 450 g/mol. The molecule has 5 rings (SSSR count). The van der Waals surface area contributed by atoms with E-state index >= 15 is 0 Å². The molecule has 0 spiro atoms. The molecule has 0 unspecified atom stereocenters. The summed E-state index contributed by atoms with van der Waals surface area (Å²) in [5.41, 5.74) is 0.823. The molecule has 7 nitrogen and oxygen atoms in total. The summed E-state index contributed by atoms with van der Waals surface area (Å²) in [6.45, 7) is 1.93. The number of carbonyl (C=O) groups excluding carboxylic acids is 1. The molecule has 32 heavy (non-hydrogen) atoms. The SMILES string of the molecule is C[C@@H](NC(=O)CSc1nnc(-c2ccco2)n1C1CCCCC1)c1cc2ccccc2o1. The summed E-state index contributed by atoms with van der Waals surface area (Å²) in [4.78, 5) is 12.7. The van der Waals surface area contributed by atoms with Gasteiger partial charge in [0, 0.05) is 11.4 Å². The van der Waals surface area contributed by atoms with Crippen LogP contribution in [0.1, 0.15) is 56.9 Å². The summed E-state index contributed by atoms with van der Waals surface area (Å²) >= 11 is 1.41. The number of hydrogen-bond acceptors (Lipinski definition) is 6. The van der Waals surface area contributed by atoms with Gasteiger partial charge in [0.15, 0.2) is 10.9 Å². The largest absolute Gasteiger partial charge is 0.461 e. The molecule has 3 heterocycles. The summed E-state index contributed by atoms with van der Waals surface area (Å²) in [5.74, 6) is 2.38. The van der Waals surface area contributed by atoms with Crippen molar-refractivity contribution in [1.29, 1.82) is 0 Å². The minimum atomic E-state index is -0.217. The van der Waals surface area contributed by atoms with Gasteiger partial charge >= 0.3 is 0 Å². The van der Waals surface area contributed by atoms with Gasteiger partial charge in [-0.2, -0.15) is 0 Å². The second kappa shape index (κ2) is 9.24. The van der Waals surface area contributed by atoms with E-state index < -0.39 is 0 Å². The number of rotatable bonds is 7. The van der Waals surface area contributed by atoms with Crippen molar-refractivity contribution >= 4 is 28.6 Å². The van der Waals surface area contributed by atoms with Gasteiger partial charge in [0.05, 0.1) is 18.1 Å². The molecule has 0 bridgehead atoms. The predicted octanol–water partition coefficient (Wildman–Crippen LogP) is 5.76. The average molecular weight is 451 g/mol. The Bertz CT molecular complexity index is 1160. The molecule has 1 N–H and O–H groups in total. The van der Waals surface area contributed by atoms with E-state index in [1.54, 1.807) is 6.26 Å². The summed E-state index contributed by atoms with van der Waals surface area (Å²) in [7, 11) is 0. The number of amides is 1. The molecule has 1 fully saturated rings. The number of para-hydroxylation sites is 1. The summed E-state index contributed by atoms with van der Waals surface area (Å²) in [6, 6.07) is 13.7. The minimum absolute atomic E-state index is 0.0688. The number of carbonyl (C=O) groups is 1. The standard InChI is InChI=1S/C24H26N4O3S/c1-16(21-14-17-8-5-6-11-19(17)31-21)25-22(29)15-32-24-27-26-23(20-12-7-13-30-20)28(24)18-9-3-2-4-10-18/h5-8,11-14,16,18H,2-4,9-10,15H2,1H3,(H,25,29)/t16-/m1/s1. The van der Waals surface area contributed by atoms with Crippen LogP contribution in [0.25, 0.3) is 22.6 Å².